The topological polar surface area (TPSA) is 13.1 Å². The predicted octanol–water partition coefficient (Wildman–Crippen LogP) is 5.71. The first-order valence-electron chi connectivity index (χ1n) is 7.81. The molecule has 3 aromatic rings. The lowest BCUT2D eigenvalue weighted by Gasteiger charge is -2.21. The molecule has 1 heteroatoms. The van der Waals surface area contributed by atoms with Gasteiger partial charge in [-0.1, -0.05) is 68.5 Å². The number of benzene rings is 2. The Labute approximate surface area is 119 Å². The first-order valence-corrected chi connectivity index (χ1v) is 7.81. The molecule has 1 nitrogen and oxygen atoms in total. The van der Waals surface area contributed by atoms with Crippen molar-refractivity contribution >= 4 is 21.9 Å². The summed E-state index contributed by atoms with van der Waals surface area (Å²) in [6.07, 6.45) is 8.18. The molecule has 20 heavy (non-hydrogen) atoms. The lowest BCUT2D eigenvalue weighted by molar-refractivity contribution is 0.356. The highest BCUT2D eigenvalue weighted by molar-refractivity contribution is 6.05. The highest BCUT2D eigenvalue weighted by atomic mass is 16.3. The maximum atomic E-state index is 6.13. The second-order valence-electron chi connectivity index (χ2n) is 6.10. The molecule has 0 spiro atoms. The van der Waals surface area contributed by atoms with Crippen molar-refractivity contribution in [1.29, 1.82) is 0 Å². The second kappa shape index (κ2) is 4.97. The maximum Gasteiger partial charge on any atom is 0.138 e. The largest absolute Gasteiger partial charge is 0.456 e. The summed E-state index contributed by atoms with van der Waals surface area (Å²) < 4.78 is 6.13. The van der Waals surface area contributed by atoms with Gasteiger partial charge < -0.3 is 4.42 Å². The first-order chi connectivity index (χ1) is 9.92. The second-order valence-corrected chi connectivity index (χ2v) is 6.10. The van der Waals surface area contributed by atoms with Crippen molar-refractivity contribution < 1.29 is 4.42 Å². The summed E-state index contributed by atoms with van der Waals surface area (Å²) in [5.41, 5.74) is 3.52. The number of fused-ring (bicyclic) bond motifs is 3. The molecule has 0 amide bonds. The third-order valence-corrected chi connectivity index (χ3v) is 4.72. The van der Waals surface area contributed by atoms with Gasteiger partial charge in [-0.25, -0.2) is 0 Å². The van der Waals surface area contributed by atoms with Crippen LogP contribution in [0.4, 0.5) is 0 Å². The summed E-state index contributed by atoms with van der Waals surface area (Å²) in [7, 11) is 0. The van der Waals surface area contributed by atoms with Crippen LogP contribution < -0.4 is 0 Å². The van der Waals surface area contributed by atoms with E-state index < -0.39 is 0 Å². The molecule has 0 atom stereocenters. The smallest absolute Gasteiger partial charge is 0.138 e. The van der Waals surface area contributed by atoms with Crippen LogP contribution in [0.1, 0.15) is 37.7 Å². The molecule has 1 fully saturated rings. The lowest BCUT2D eigenvalue weighted by Crippen LogP contribution is -2.09. The van der Waals surface area contributed by atoms with Gasteiger partial charge in [0.2, 0.25) is 0 Å². The number of para-hydroxylation sites is 2. The molecule has 0 saturated heterocycles. The van der Waals surface area contributed by atoms with Gasteiger partial charge >= 0.3 is 0 Å². The van der Waals surface area contributed by atoms with Gasteiger partial charge in [0.05, 0.1) is 0 Å². The lowest BCUT2D eigenvalue weighted by atomic mass is 9.84. The van der Waals surface area contributed by atoms with Crippen molar-refractivity contribution in [3.05, 3.63) is 48.0 Å². The van der Waals surface area contributed by atoms with Crippen molar-refractivity contribution in [2.24, 2.45) is 5.92 Å². The zero-order valence-electron chi connectivity index (χ0n) is 11.8. The molecule has 1 aliphatic rings. The Morgan fingerprint density at radius 2 is 1.65 bits per heavy atom. The summed E-state index contributed by atoms with van der Waals surface area (Å²) in [5, 5.41) is 2.52. The normalized spacial score (nSPS) is 17.0. The van der Waals surface area contributed by atoms with Crippen LogP contribution >= 0.6 is 0 Å². The van der Waals surface area contributed by atoms with Crippen LogP contribution in [0.3, 0.4) is 0 Å². The molecule has 0 radical (unpaired) electrons. The molecule has 1 aliphatic carbocycles. The highest BCUT2D eigenvalue weighted by Gasteiger charge is 2.17. The van der Waals surface area contributed by atoms with E-state index in [1.165, 1.54) is 54.9 Å². The fraction of sp³-hybridized carbons (Fsp3) is 0.368. The zero-order valence-corrected chi connectivity index (χ0v) is 11.8. The van der Waals surface area contributed by atoms with Crippen molar-refractivity contribution in [3.63, 3.8) is 0 Å². The minimum absolute atomic E-state index is 0.850. The van der Waals surface area contributed by atoms with Crippen LogP contribution in [0.5, 0.6) is 0 Å². The summed E-state index contributed by atoms with van der Waals surface area (Å²) in [6, 6.07) is 15.0. The standard InChI is InChI=1S/C19H20O/c1-2-7-14(8-3-1)13-15-9-6-11-17-16-10-4-5-12-18(16)20-19(15)17/h4-6,9-12,14H,1-3,7-8,13H2. The molecule has 0 aliphatic heterocycles. The summed E-state index contributed by atoms with van der Waals surface area (Å²) in [5.74, 6) is 0.850. The van der Waals surface area contributed by atoms with Crippen molar-refractivity contribution in [2.45, 2.75) is 38.5 Å². The highest BCUT2D eigenvalue weighted by Crippen LogP contribution is 2.34. The van der Waals surface area contributed by atoms with E-state index in [1.807, 2.05) is 6.07 Å². The fourth-order valence-corrected chi connectivity index (χ4v) is 3.67. The quantitative estimate of drug-likeness (QED) is 0.578. The SMILES string of the molecule is c1ccc2c(c1)oc1c(CC3CCCCC3)cccc12. The van der Waals surface area contributed by atoms with Gasteiger partial charge in [0.15, 0.2) is 0 Å². The first kappa shape index (κ1) is 12.0. The maximum absolute atomic E-state index is 6.13. The molecular formula is C19H20O. The van der Waals surface area contributed by atoms with Crippen LogP contribution in [-0.4, -0.2) is 0 Å². The average molecular weight is 264 g/mol. The molecule has 4 rings (SSSR count). The third-order valence-electron chi connectivity index (χ3n) is 4.72. The van der Waals surface area contributed by atoms with Crippen LogP contribution in [0.15, 0.2) is 46.9 Å². The van der Waals surface area contributed by atoms with Gasteiger partial charge in [0.1, 0.15) is 11.2 Å². The van der Waals surface area contributed by atoms with E-state index in [-0.39, 0.29) is 0 Å². The van der Waals surface area contributed by atoms with Crippen molar-refractivity contribution in [3.8, 4) is 0 Å². The molecule has 0 N–H and O–H groups in total. The Bertz CT molecular complexity index is 732. The molecule has 1 aromatic heterocycles. The minimum atomic E-state index is 0.850. The van der Waals surface area contributed by atoms with E-state index in [9.17, 15) is 0 Å². The number of hydrogen-bond donors (Lipinski definition) is 0. The minimum Gasteiger partial charge on any atom is -0.456 e. The van der Waals surface area contributed by atoms with Gasteiger partial charge in [-0.15, -0.1) is 0 Å². The Morgan fingerprint density at radius 1 is 0.850 bits per heavy atom. The third kappa shape index (κ3) is 2.02. The van der Waals surface area contributed by atoms with Gasteiger partial charge in [-0.05, 0) is 24.0 Å². The summed E-state index contributed by atoms with van der Waals surface area (Å²) in [4.78, 5) is 0. The van der Waals surface area contributed by atoms with Gasteiger partial charge in [0, 0.05) is 10.8 Å². The molecular weight excluding hydrogens is 244 g/mol. The molecule has 1 saturated carbocycles. The Balaban J connectivity index is 1.78. The molecule has 102 valence electrons. The fourth-order valence-electron chi connectivity index (χ4n) is 3.67. The van der Waals surface area contributed by atoms with Crippen LogP contribution in [0, 0.1) is 5.92 Å². The molecule has 0 unspecified atom stereocenters. The van der Waals surface area contributed by atoms with Gasteiger partial charge in [-0.2, -0.15) is 0 Å². The van der Waals surface area contributed by atoms with Gasteiger partial charge in [0.25, 0.3) is 0 Å². The van der Waals surface area contributed by atoms with Crippen LogP contribution in [-0.2, 0) is 6.42 Å². The van der Waals surface area contributed by atoms with E-state index >= 15 is 0 Å². The molecule has 1 heterocycles. The summed E-state index contributed by atoms with van der Waals surface area (Å²) in [6.45, 7) is 0. The van der Waals surface area contributed by atoms with E-state index in [2.05, 4.69) is 36.4 Å². The number of furan rings is 1. The van der Waals surface area contributed by atoms with Crippen LogP contribution in [0.2, 0.25) is 0 Å². The Hall–Kier alpha value is -1.76. The van der Waals surface area contributed by atoms with Gasteiger partial charge in [-0.3, -0.25) is 0 Å². The molecule has 2 aromatic carbocycles. The molecule has 0 bridgehead atoms. The van der Waals surface area contributed by atoms with Crippen molar-refractivity contribution in [1.82, 2.24) is 0 Å². The summed E-state index contributed by atoms with van der Waals surface area (Å²) >= 11 is 0. The van der Waals surface area contributed by atoms with E-state index in [1.54, 1.807) is 0 Å². The van der Waals surface area contributed by atoms with E-state index in [0.29, 0.717) is 0 Å². The predicted molar refractivity (Wildman–Crippen MR) is 84.0 cm³/mol. The Kier molecular flexibility index (Phi) is 2.99. The van der Waals surface area contributed by atoms with Crippen LogP contribution in [0.25, 0.3) is 21.9 Å². The van der Waals surface area contributed by atoms with E-state index in [0.717, 1.165) is 17.1 Å². The van der Waals surface area contributed by atoms with E-state index in [4.69, 9.17) is 4.42 Å². The average Bonchev–Trinajstić information content (AvgIpc) is 2.88. The zero-order chi connectivity index (χ0) is 13.4. The Morgan fingerprint density at radius 3 is 2.55 bits per heavy atom. The number of rotatable bonds is 2. The number of hydrogen-bond acceptors (Lipinski definition) is 1. The monoisotopic (exact) mass is 264 g/mol. The van der Waals surface area contributed by atoms with Crippen molar-refractivity contribution in [2.75, 3.05) is 0 Å².